The Morgan fingerprint density at radius 1 is 1.04 bits per heavy atom. The van der Waals surface area contributed by atoms with E-state index < -0.39 is 18.1 Å². The number of aliphatic hydroxyl groups is 1. The minimum absolute atomic E-state index is 0.103. The van der Waals surface area contributed by atoms with Crippen molar-refractivity contribution in [3.63, 3.8) is 0 Å². The lowest BCUT2D eigenvalue weighted by Crippen LogP contribution is -2.52. The summed E-state index contributed by atoms with van der Waals surface area (Å²) in [5, 5.41) is 25.9. The molecule has 11 nitrogen and oxygen atoms in total. The Morgan fingerprint density at radius 2 is 1.78 bits per heavy atom. The minimum atomic E-state index is -1.52. The molecule has 49 heavy (non-hydrogen) atoms. The lowest BCUT2D eigenvalue weighted by atomic mass is 9.94. The van der Waals surface area contributed by atoms with E-state index in [1.807, 2.05) is 36.4 Å². The zero-order chi connectivity index (χ0) is 34.9. The van der Waals surface area contributed by atoms with Crippen LogP contribution in [0.5, 0.6) is 17.6 Å². The number of methoxy groups -OCH3 is 2. The van der Waals surface area contributed by atoms with E-state index in [-0.39, 0.29) is 24.6 Å². The average Bonchev–Trinajstić information content (AvgIpc) is 3.73. The lowest BCUT2D eigenvalue weighted by Gasteiger charge is -2.24. The average molecular weight is 751 g/mol. The molecular weight excluding hydrogens is 714 g/mol. The van der Waals surface area contributed by atoms with Crippen LogP contribution in [0.15, 0.2) is 64.1 Å². The van der Waals surface area contributed by atoms with Gasteiger partial charge in [-0.15, -0.1) is 0 Å². The third-order valence-electron chi connectivity index (χ3n) is 8.89. The fraction of sp³-hybridized carbons (Fsp3) is 0.333. The lowest BCUT2D eigenvalue weighted by molar-refractivity contribution is -0.145. The van der Waals surface area contributed by atoms with Crippen LogP contribution in [0.2, 0.25) is 5.02 Å². The van der Waals surface area contributed by atoms with Gasteiger partial charge >= 0.3 is 5.97 Å². The molecule has 13 heteroatoms. The van der Waals surface area contributed by atoms with Gasteiger partial charge in [0.05, 0.1) is 47.6 Å². The molecule has 3 heterocycles. The predicted molar refractivity (Wildman–Crippen MR) is 191 cm³/mol. The van der Waals surface area contributed by atoms with Gasteiger partial charge in [-0.2, -0.15) is 4.98 Å². The number of aromatic nitrogens is 2. The molecule has 0 saturated carbocycles. The van der Waals surface area contributed by atoms with E-state index in [1.54, 1.807) is 13.2 Å². The van der Waals surface area contributed by atoms with Crippen molar-refractivity contribution in [3.8, 4) is 40.0 Å². The number of hydrogen-bond donors (Lipinski definition) is 4. The summed E-state index contributed by atoms with van der Waals surface area (Å²) in [7, 11) is 3.09. The van der Waals surface area contributed by atoms with Crippen molar-refractivity contribution in [3.05, 3.63) is 86.3 Å². The Balaban J connectivity index is 1.27. The molecule has 0 radical (unpaired) electrons. The first-order chi connectivity index (χ1) is 23.6. The maximum absolute atomic E-state index is 11.6. The topological polar surface area (TPSA) is 147 Å². The molecule has 4 aromatic rings. The number of rotatable bonds is 12. The number of amidine groups is 1. The second-order valence-electron chi connectivity index (χ2n) is 12.2. The highest BCUT2D eigenvalue weighted by Crippen LogP contribution is 2.44. The maximum Gasteiger partial charge on any atom is 0.326 e. The molecule has 3 atom stereocenters. The fourth-order valence-electron chi connectivity index (χ4n) is 6.08. The van der Waals surface area contributed by atoms with Gasteiger partial charge in [-0.05, 0) is 77.5 Å². The van der Waals surface area contributed by atoms with Crippen LogP contribution < -0.4 is 24.8 Å². The van der Waals surface area contributed by atoms with Crippen LogP contribution in [0, 0.1) is 0 Å². The van der Waals surface area contributed by atoms with Crippen LogP contribution in [0.4, 0.5) is 0 Å². The molecule has 2 aliphatic rings. The number of nitrogens with one attached hydrogen (secondary N) is 2. The van der Waals surface area contributed by atoms with E-state index in [0.29, 0.717) is 32.5 Å². The van der Waals surface area contributed by atoms with Gasteiger partial charge in [0.2, 0.25) is 17.6 Å². The number of nitrogens with zero attached hydrogens (tertiary/aromatic N) is 3. The predicted octanol–water partition coefficient (Wildman–Crippen LogP) is 5.97. The summed E-state index contributed by atoms with van der Waals surface area (Å²) in [6, 6.07) is 18.0. The van der Waals surface area contributed by atoms with Crippen molar-refractivity contribution in [1.29, 1.82) is 0 Å². The van der Waals surface area contributed by atoms with E-state index in [1.165, 1.54) is 14.0 Å². The zero-order valence-corrected chi connectivity index (χ0v) is 29.9. The third-order valence-corrected chi connectivity index (χ3v) is 9.87. The quantitative estimate of drug-likeness (QED) is 0.137. The van der Waals surface area contributed by atoms with Gasteiger partial charge in [0.25, 0.3) is 0 Å². The van der Waals surface area contributed by atoms with Gasteiger partial charge in [-0.25, -0.2) is 4.98 Å². The Hall–Kier alpha value is -4.23. The van der Waals surface area contributed by atoms with Crippen LogP contribution in [0.1, 0.15) is 48.6 Å². The number of aliphatic imine (C=N–C) groups is 1. The zero-order valence-electron chi connectivity index (χ0n) is 27.5. The van der Waals surface area contributed by atoms with Crippen molar-refractivity contribution >= 4 is 39.3 Å². The second kappa shape index (κ2) is 14.3. The number of carbonyl (C=O) groups is 1. The van der Waals surface area contributed by atoms with Crippen molar-refractivity contribution in [1.82, 2.24) is 20.6 Å². The number of fused-ring (bicyclic) bond motifs is 1. The van der Waals surface area contributed by atoms with Gasteiger partial charge in [0.15, 0.2) is 0 Å². The van der Waals surface area contributed by atoms with Crippen LogP contribution in [-0.2, 0) is 17.8 Å². The first-order valence-corrected chi connectivity index (χ1v) is 17.0. The first kappa shape index (κ1) is 34.6. The number of halogens is 2. The molecule has 256 valence electrons. The number of ether oxygens (including phenoxy) is 3. The normalized spacial score (nSPS) is 17.9. The van der Waals surface area contributed by atoms with E-state index >= 15 is 0 Å². The SMILES string of the molecule is COc1nc(O[C@H]2CCc3c(-c4cccc(-c5ccc(C6=N[C@H](C)CN6)c(OC)n5)c4Cl)cccc32)c(Br)cc1CN[C@@](C)(CO)C(=O)O. The standard InChI is InChI=1S/C36H37BrClN5O6/c1-19-16-39-31(41-19)26-11-13-28(42-33(26)48-4)25-10-6-9-24(30(25)38)21-7-5-8-23-22(21)12-14-29(23)49-34-27(37)15-20(32(43-34)47-3)17-40-36(2,18-44)35(45)46/h5-11,13,15,19,29,40,44H,12,14,16-18H2,1-4H3,(H,39,41)(H,45,46)/t19-,29+,36+/m1/s1. The van der Waals surface area contributed by atoms with Crippen LogP contribution in [0.25, 0.3) is 22.4 Å². The van der Waals surface area contributed by atoms with Gasteiger partial charge in [-0.3, -0.25) is 15.1 Å². The Bertz CT molecular complexity index is 1940. The van der Waals surface area contributed by atoms with Crippen molar-refractivity contribution < 1.29 is 29.2 Å². The van der Waals surface area contributed by atoms with Gasteiger partial charge in [-0.1, -0.05) is 48.0 Å². The molecule has 0 saturated heterocycles. The van der Waals surface area contributed by atoms with Crippen LogP contribution in [0.3, 0.4) is 0 Å². The molecule has 1 aliphatic heterocycles. The summed E-state index contributed by atoms with van der Waals surface area (Å²) in [5.74, 6) is 0.719. The fourth-order valence-corrected chi connectivity index (χ4v) is 6.86. The third kappa shape index (κ3) is 6.83. The number of hydrogen-bond acceptors (Lipinski definition) is 10. The highest BCUT2D eigenvalue weighted by molar-refractivity contribution is 9.10. The van der Waals surface area contributed by atoms with E-state index in [0.717, 1.165) is 58.6 Å². The summed E-state index contributed by atoms with van der Waals surface area (Å²) in [4.78, 5) is 25.7. The smallest absolute Gasteiger partial charge is 0.326 e. The molecule has 4 N–H and O–H groups in total. The van der Waals surface area contributed by atoms with Crippen molar-refractivity contribution in [2.24, 2.45) is 4.99 Å². The molecule has 0 spiro atoms. The molecule has 6 rings (SSSR count). The summed E-state index contributed by atoms with van der Waals surface area (Å²) >= 11 is 10.7. The molecule has 0 fully saturated rings. The molecule has 1 aliphatic carbocycles. The Kier molecular flexibility index (Phi) is 10.1. The second-order valence-corrected chi connectivity index (χ2v) is 13.5. The molecule has 0 bridgehead atoms. The van der Waals surface area contributed by atoms with Crippen molar-refractivity contribution in [2.75, 3.05) is 27.4 Å². The van der Waals surface area contributed by atoms with Crippen LogP contribution >= 0.6 is 27.5 Å². The van der Waals surface area contributed by atoms with Crippen molar-refractivity contribution in [2.45, 2.75) is 50.9 Å². The van der Waals surface area contributed by atoms with Crippen LogP contribution in [-0.4, -0.2) is 70.9 Å². The number of aliphatic hydroxyl groups excluding tert-OH is 1. The summed E-state index contributed by atoms with van der Waals surface area (Å²) in [5.41, 5.74) is 5.48. The Morgan fingerprint density at radius 3 is 2.47 bits per heavy atom. The summed E-state index contributed by atoms with van der Waals surface area (Å²) in [6.45, 7) is 3.76. The molecule has 0 amide bonds. The Labute approximate surface area is 297 Å². The van der Waals surface area contributed by atoms with E-state index in [2.05, 4.69) is 55.6 Å². The molecule has 2 aromatic heterocycles. The highest BCUT2D eigenvalue weighted by atomic mass is 79.9. The molecule has 2 aromatic carbocycles. The van der Waals surface area contributed by atoms with E-state index in [4.69, 9.17) is 30.8 Å². The molecular formula is C36H37BrClN5O6. The number of carboxylic acid groups (broad SMARTS) is 1. The monoisotopic (exact) mass is 749 g/mol. The first-order valence-electron chi connectivity index (χ1n) is 15.8. The van der Waals surface area contributed by atoms with Gasteiger partial charge in [0, 0.05) is 29.8 Å². The maximum atomic E-state index is 11.6. The number of aliphatic carboxylic acids is 1. The number of pyridine rings is 2. The minimum Gasteiger partial charge on any atom is -0.481 e. The largest absolute Gasteiger partial charge is 0.481 e. The van der Waals surface area contributed by atoms with Gasteiger partial charge in [0.1, 0.15) is 17.5 Å². The number of carboxylic acids is 1. The summed E-state index contributed by atoms with van der Waals surface area (Å²) < 4.78 is 18.2. The van der Waals surface area contributed by atoms with Gasteiger partial charge < -0.3 is 29.7 Å². The highest BCUT2D eigenvalue weighted by Gasteiger charge is 2.33. The van der Waals surface area contributed by atoms with E-state index in [9.17, 15) is 15.0 Å². The molecule has 0 unspecified atom stereocenters. The number of benzene rings is 2. The summed E-state index contributed by atoms with van der Waals surface area (Å²) in [6.07, 6.45) is 1.23.